The fraction of sp³-hybridized carbons (Fsp3) is 0.385. The molecule has 1 atom stereocenters. The van der Waals surface area contributed by atoms with Crippen LogP contribution in [0.1, 0.15) is 24.2 Å². The molecule has 18 heavy (non-hydrogen) atoms. The summed E-state index contributed by atoms with van der Waals surface area (Å²) in [7, 11) is 1.16. The van der Waals surface area contributed by atoms with Crippen molar-refractivity contribution in [2.75, 3.05) is 7.11 Å². The minimum Gasteiger partial charge on any atom is -0.468 e. The molecule has 0 fully saturated rings. The third-order valence-electron chi connectivity index (χ3n) is 2.55. The lowest BCUT2D eigenvalue weighted by atomic mass is 9.88. The highest BCUT2D eigenvalue weighted by Crippen LogP contribution is 2.20. The van der Waals surface area contributed by atoms with E-state index in [0.717, 1.165) is 19.2 Å². The number of ketones is 1. The number of ether oxygens (including phenoxy) is 1. The standard InChI is InChI=1S/C13H14F2O3/c1-7(2)11(13(17)18-3)12(16)8-4-9(14)6-10(15)5-8/h4-7,11H,1-3H3. The summed E-state index contributed by atoms with van der Waals surface area (Å²) in [5.74, 6) is -4.45. The smallest absolute Gasteiger partial charge is 0.316 e. The topological polar surface area (TPSA) is 43.4 Å². The van der Waals surface area contributed by atoms with Crippen LogP contribution in [-0.4, -0.2) is 18.9 Å². The van der Waals surface area contributed by atoms with Crippen molar-refractivity contribution in [3.05, 3.63) is 35.4 Å². The number of hydrogen-bond donors (Lipinski definition) is 0. The van der Waals surface area contributed by atoms with Crippen molar-refractivity contribution < 1.29 is 23.1 Å². The molecule has 0 spiro atoms. The summed E-state index contributed by atoms with van der Waals surface area (Å²) in [5, 5.41) is 0. The van der Waals surface area contributed by atoms with E-state index in [4.69, 9.17) is 0 Å². The molecule has 1 aromatic carbocycles. The summed E-state index contributed by atoms with van der Waals surface area (Å²) in [4.78, 5) is 23.6. The number of esters is 1. The van der Waals surface area contributed by atoms with Gasteiger partial charge in [0.25, 0.3) is 0 Å². The van der Waals surface area contributed by atoms with Crippen molar-refractivity contribution in [3.8, 4) is 0 Å². The molecule has 0 saturated carbocycles. The van der Waals surface area contributed by atoms with Crippen LogP contribution in [0.15, 0.2) is 18.2 Å². The second-order valence-corrected chi connectivity index (χ2v) is 4.27. The molecule has 3 nitrogen and oxygen atoms in total. The zero-order valence-corrected chi connectivity index (χ0v) is 10.4. The molecule has 0 aliphatic carbocycles. The molecule has 5 heteroatoms. The van der Waals surface area contributed by atoms with Gasteiger partial charge in [-0.15, -0.1) is 0 Å². The van der Waals surface area contributed by atoms with Crippen molar-refractivity contribution in [1.82, 2.24) is 0 Å². The minimum absolute atomic E-state index is 0.170. The Morgan fingerprint density at radius 2 is 1.61 bits per heavy atom. The molecule has 0 aromatic heterocycles. The van der Waals surface area contributed by atoms with Gasteiger partial charge >= 0.3 is 5.97 Å². The number of hydrogen-bond acceptors (Lipinski definition) is 3. The van der Waals surface area contributed by atoms with E-state index in [2.05, 4.69) is 4.74 Å². The third-order valence-corrected chi connectivity index (χ3v) is 2.55. The van der Waals surface area contributed by atoms with Crippen molar-refractivity contribution in [2.45, 2.75) is 13.8 Å². The number of halogens is 2. The molecule has 0 heterocycles. The largest absolute Gasteiger partial charge is 0.468 e. The Labute approximate surface area is 104 Å². The summed E-state index contributed by atoms with van der Waals surface area (Å²) in [6.07, 6.45) is 0. The zero-order chi connectivity index (χ0) is 13.9. The van der Waals surface area contributed by atoms with Gasteiger partial charge in [0.15, 0.2) is 5.78 Å². The van der Waals surface area contributed by atoms with E-state index in [1.54, 1.807) is 13.8 Å². The minimum atomic E-state index is -1.06. The monoisotopic (exact) mass is 256 g/mol. The number of benzene rings is 1. The fourth-order valence-electron chi connectivity index (χ4n) is 1.68. The van der Waals surface area contributed by atoms with E-state index in [0.29, 0.717) is 6.07 Å². The maximum Gasteiger partial charge on any atom is 0.316 e. The van der Waals surface area contributed by atoms with Crippen LogP contribution in [0, 0.1) is 23.5 Å². The van der Waals surface area contributed by atoms with Crippen LogP contribution in [0.3, 0.4) is 0 Å². The lowest BCUT2D eigenvalue weighted by Crippen LogP contribution is -2.30. The van der Waals surface area contributed by atoms with Crippen molar-refractivity contribution in [2.24, 2.45) is 11.8 Å². The van der Waals surface area contributed by atoms with Crippen molar-refractivity contribution in [3.63, 3.8) is 0 Å². The number of methoxy groups -OCH3 is 1. The third kappa shape index (κ3) is 3.12. The molecule has 1 unspecified atom stereocenters. The first-order chi connectivity index (χ1) is 8.36. The summed E-state index contributed by atoms with van der Waals surface area (Å²) in [6.45, 7) is 3.32. The van der Waals surface area contributed by atoms with Gasteiger partial charge in [-0.2, -0.15) is 0 Å². The Kier molecular flexibility index (Phi) is 4.53. The number of carbonyl (C=O) groups is 2. The molecule has 98 valence electrons. The molecule has 1 aromatic rings. The normalized spacial score (nSPS) is 12.3. The highest BCUT2D eigenvalue weighted by molar-refractivity contribution is 6.08. The summed E-state index contributed by atoms with van der Waals surface area (Å²) in [5.41, 5.74) is -0.170. The molecule has 0 saturated heterocycles. The maximum absolute atomic E-state index is 13.0. The molecule has 0 N–H and O–H groups in total. The maximum atomic E-state index is 13.0. The van der Waals surface area contributed by atoms with Gasteiger partial charge in [0.1, 0.15) is 17.6 Å². The first-order valence-electron chi connectivity index (χ1n) is 5.45. The van der Waals surface area contributed by atoms with E-state index in [1.807, 2.05) is 0 Å². The van der Waals surface area contributed by atoms with Gasteiger partial charge in [0.05, 0.1) is 7.11 Å². The van der Waals surface area contributed by atoms with Gasteiger partial charge in [0, 0.05) is 11.6 Å². The van der Waals surface area contributed by atoms with E-state index < -0.39 is 29.3 Å². The predicted molar refractivity (Wildman–Crippen MR) is 61.0 cm³/mol. The van der Waals surface area contributed by atoms with Gasteiger partial charge < -0.3 is 4.74 Å². The van der Waals surface area contributed by atoms with Crippen molar-refractivity contribution >= 4 is 11.8 Å². The molecule has 0 aliphatic rings. The van der Waals surface area contributed by atoms with E-state index >= 15 is 0 Å². The Morgan fingerprint density at radius 3 is 2.00 bits per heavy atom. The predicted octanol–water partition coefficient (Wildman–Crippen LogP) is 2.59. The van der Waals surface area contributed by atoms with Crippen LogP contribution in [0.4, 0.5) is 8.78 Å². The van der Waals surface area contributed by atoms with Gasteiger partial charge in [-0.3, -0.25) is 9.59 Å². The highest BCUT2D eigenvalue weighted by atomic mass is 19.1. The van der Waals surface area contributed by atoms with Crippen molar-refractivity contribution in [1.29, 1.82) is 0 Å². The summed E-state index contributed by atoms with van der Waals surface area (Å²) in [6, 6.07) is 2.48. The Bertz CT molecular complexity index is 449. The van der Waals surface area contributed by atoms with E-state index in [9.17, 15) is 18.4 Å². The molecule has 0 aliphatic heterocycles. The molecule has 0 bridgehead atoms. The second-order valence-electron chi connectivity index (χ2n) is 4.27. The van der Waals surface area contributed by atoms with E-state index in [-0.39, 0.29) is 11.5 Å². The summed E-state index contributed by atoms with van der Waals surface area (Å²) < 4.78 is 30.6. The number of carbonyl (C=O) groups excluding carboxylic acids is 2. The van der Waals surface area contributed by atoms with Gasteiger partial charge in [0.2, 0.25) is 0 Å². The van der Waals surface area contributed by atoms with E-state index in [1.165, 1.54) is 0 Å². The Hall–Kier alpha value is -1.78. The van der Waals surface area contributed by atoms with Crippen LogP contribution in [0.5, 0.6) is 0 Å². The molecule has 0 amide bonds. The Morgan fingerprint density at radius 1 is 1.11 bits per heavy atom. The number of Topliss-reactive ketones (excluding diaryl/α,β-unsaturated/α-hetero) is 1. The summed E-state index contributed by atoms with van der Waals surface area (Å²) >= 11 is 0. The first-order valence-corrected chi connectivity index (χ1v) is 5.45. The molecule has 1 rings (SSSR count). The molecular formula is C13H14F2O3. The van der Waals surface area contributed by atoms with Crippen LogP contribution in [0.2, 0.25) is 0 Å². The van der Waals surface area contributed by atoms with Gasteiger partial charge in [-0.25, -0.2) is 8.78 Å². The van der Waals surface area contributed by atoms with Crippen LogP contribution in [0.25, 0.3) is 0 Å². The molecular weight excluding hydrogens is 242 g/mol. The van der Waals surface area contributed by atoms with Crippen LogP contribution < -0.4 is 0 Å². The second kappa shape index (κ2) is 5.71. The average molecular weight is 256 g/mol. The van der Waals surface area contributed by atoms with Gasteiger partial charge in [-0.05, 0) is 18.1 Å². The zero-order valence-electron chi connectivity index (χ0n) is 10.4. The quantitative estimate of drug-likeness (QED) is 0.472. The van der Waals surface area contributed by atoms with Gasteiger partial charge in [-0.1, -0.05) is 13.8 Å². The fourth-order valence-corrected chi connectivity index (χ4v) is 1.68. The lowest BCUT2D eigenvalue weighted by Gasteiger charge is -2.17. The van der Waals surface area contributed by atoms with Crippen LogP contribution in [-0.2, 0) is 9.53 Å². The van der Waals surface area contributed by atoms with Crippen LogP contribution >= 0.6 is 0 Å². The molecule has 0 radical (unpaired) electrons. The first kappa shape index (κ1) is 14.3. The lowest BCUT2D eigenvalue weighted by molar-refractivity contribution is -0.144. The highest BCUT2D eigenvalue weighted by Gasteiger charge is 2.31. The number of rotatable bonds is 4. The Balaban J connectivity index is 3.13. The SMILES string of the molecule is COC(=O)C(C(=O)c1cc(F)cc(F)c1)C(C)C. The average Bonchev–Trinajstić information content (AvgIpc) is 2.26.